The Balaban J connectivity index is 1.48. The first-order valence-electron chi connectivity index (χ1n) is 15.5. The number of hydrogen-bond donors (Lipinski definition) is 0. The molecule has 5 heteroatoms. The van der Waals surface area contributed by atoms with Gasteiger partial charge in [-0.1, -0.05) is 81.3 Å². The van der Waals surface area contributed by atoms with Gasteiger partial charge in [-0.2, -0.15) is 9.84 Å². The monoisotopic (exact) mass is 572 g/mol. The van der Waals surface area contributed by atoms with E-state index in [0.29, 0.717) is 16.7 Å². The van der Waals surface area contributed by atoms with Crippen molar-refractivity contribution in [3.8, 4) is 6.07 Å². The van der Waals surface area contributed by atoms with E-state index >= 15 is 0 Å². The van der Waals surface area contributed by atoms with Crippen LogP contribution in [0, 0.1) is 11.3 Å². The lowest BCUT2D eigenvalue weighted by molar-refractivity contribution is -0.436. The molecule has 1 aliphatic carbocycles. The molecular formula is C39H32N4O. The summed E-state index contributed by atoms with van der Waals surface area (Å²) < 4.78 is 4.57. The predicted molar refractivity (Wildman–Crippen MR) is 179 cm³/mol. The number of Topliss-reactive ketones (excluding diaryl/α,β-unsaturated/α-hetero) is 1. The lowest BCUT2D eigenvalue weighted by atomic mass is 9.76. The van der Waals surface area contributed by atoms with Gasteiger partial charge in [-0.05, 0) is 35.4 Å². The van der Waals surface area contributed by atoms with Gasteiger partial charge in [0, 0.05) is 63.5 Å². The van der Waals surface area contributed by atoms with Gasteiger partial charge in [-0.3, -0.25) is 4.79 Å². The maximum atomic E-state index is 14.1. The highest BCUT2D eigenvalue weighted by molar-refractivity contribution is 6.31. The number of nitrogens with zero attached hydrogens (tertiary/aromatic N) is 4. The summed E-state index contributed by atoms with van der Waals surface area (Å²) in [5.74, 6) is 1.95. The summed E-state index contributed by atoms with van der Waals surface area (Å²) in [6.45, 7) is 5.97. The van der Waals surface area contributed by atoms with E-state index in [-0.39, 0.29) is 11.4 Å². The van der Waals surface area contributed by atoms with Crippen LogP contribution >= 0.6 is 0 Å². The van der Waals surface area contributed by atoms with Crippen LogP contribution in [0.4, 0.5) is 5.69 Å². The van der Waals surface area contributed by atoms with Crippen LogP contribution in [-0.2, 0) is 11.3 Å². The van der Waals surface area contributed by atoms with Gasteiger partial charge in [0.25, 0.3) is 0 Å². The highest BCUT2D eigenvalue weighted by Gasteiger charge is 2.38. The fraction of sp³-hybridized carbons (Fsp3) is 0.205. The summed E-state index contributed by atoms with van der Waals surface area (Å²) >= 11 is 0. The Morgan fingerprint density at radius 1 is 0.909 bits per heavy atom. The van der Waals surface area contributed by atoms with Gasteiger partial charge in [0.1, 0.15) is 12.6 Å². The zero-order chi connectivity index (χ0) is 30.4. The SMILES string of the molecule is CCCCn1/c(=C\C2=C(C(=C=[N-])C#N)C(=C/C3=[N+](CCCC)c4cccc5cccc3c45)/C2=O)c2cccc3cccc1c32. The third kappa shape index (κ3) is 4.11. The van der Waals surface area contributed by atoms with Crippen molar-refractivity contribution in [3.05, 3.63) is 117 Å². The molecule has 0 radical (unpaired) electrons. The molecule has 44 heavy (non-hydrogen) atoms. The molecule has 214 valence electrons. The minimum Gasteiger partial charge on any atom is -0.762 e. The molecule has 0 amide bonds. The second-order valence-corrected chi connectivity index (χ2v) is 11.6. The van der Waals surface area contributed by atoms with Crippen LogP contribution in [0.3, 0.4) is 0 Å². The van der Waals surface area contributed by atoms with Crippen LogP contribution in [0.2, 0.25) is 0 Å². The van der Waals surface area contributed by atoms with E-state index in [2.05, 4.69) is 95.6 Å². The number of carbonyl (C=O) groups excluding carboxylic acids is 1. The fourth-order valence-corrected chi connectivity index (χ4v) is 6.90. The van der Waals surface area contributed by atoms with Gasteiger partial charge in [-0.25, -0.2) is 5.87 Å². The fourth-order valence-electron chi connectivity index (χ4n) is 6.90. The van der Waals surface area contributed by atoms with Crippen molar-refractivity contribution < 1.29 is 9.37 Å². The normalized spacial score (nSPS) is 15.6. The molecule has 0 fully saturated rings. The smallest absolute Gasteiger partial charge is 0.214 e. The molecule has 0 bridgehead atoms. The van der Waals surface area contributed by atoms with E-state index in [1.54, 1.807) is 0 Å². The number of hydrogen-bond acceptors (Lipinski definition) is 2. The standard InChI is InChI=1S/C39H32N4O/c1-3-5-19-42-32-17-9-13-25-11-7-15-28(37(25)32)34(42)21-30-36(27(23-40)24-41)31(39(30)44)22-35-29-16-8-12-26-14-10-18-33(38(26)29)43(35)20-6-4-2/h7-18,21-22H,3-6,19-20H2,1-2H3. The van der Waals surface area contributed by atoms with Gasteiger partial charge in [-0.15, -0.1) is 0 Å². The molecule has 1 aliphatic heterocycles. The lowest BCUT2D eigenvalue weighted by Crippen LogP contribution is -2.27. The molecule has 7 rings (SSSR count). The molecule has 5 aromatic rings. The minimum atomic E-state index is -0.139. The Morgan fingerprint density at radius 2 is 1.61 bits per heavy atom. The van der Waals surface area contributed by atoms with Crippen LogP contribution in [0.25, 0.3) is 43.9 Å². The first kappa shape index (κ1) is 27.5. The minimum absolute atomic E-state index is 0.0362. The number of aromatic nitrogens is 1. The summed E-state index contributed by atoms with van der Waals surface area (Å²) in [4.78, 5) is 14.1. The zero-order valence-corrected chi connectivity index (χ0v) is 25.0. The lowest BCUT2D eigenvalue weighted by Gasteiger charge is -2.23. The first-order valence-corrected chi connectivity index (χ1v) is 15.5. The number of aryl methyl sites for hydroxylation is 1. The van der Waals surface area contributed by atoms with Crippen LogP contribution in [-0.4, -0.2) is 33.1 Å². The van der Waals surface area contributed by atoms with Crippen LogP contribution in [0.1, 0.15) is 45.1 Å². The van der Waals surface area contributed by atoms with E-state index in [1.165, 1.54) is 10.8 Å². The number of rotatable bonds is 9. The van der Waals surface area contributed by atoms with Crippen LogP contribution < -0.4 is 5.35 Å². The molecule has 2 aliphatic rings. The Bertz CT molecular complexity index is 2270. The number of carbonyl (C=O) groups is 1. The molecule has 0 atom stereocenters. The second kappa shape index (κ2) is 11.1. The summed E-state index contributed by atoms with van der Waals surface area (Å²) in [5.41, 5.74) is 5.52. The quantitative estimate of drug-likeness (QED) is 0.0786. The van der Waals surface area contributed by atoms with Crippen molar-refractivity contribution >= 4 is 61.6 Å². The molecule has 2 heterocycles. The Hall–Kier alpha value is -5.30. The maximum Gasteiger partial charge on any atom is 0.214 e. The van der Waals surface area contributed by atoms with Crippen molar-refractivity contribution in [2.45, 2.75) is 46.1 Å². The highest BCUT2D eigenvalue weighted by Crippen LogP contribution is 2.40. The van der Waals surface area contributed by atoms with Gasteiger partial charge in [0.15, 0.2) is 5.78 Å². The molecule has 4 aromatic carbocycles. The molecule has 0 saturated heterocycles. The number of ketones is 1. The summed E-state index contributed by atoms with van der Waals surface area (Å²) in [5, 5.41) is 26.7. The van der Waals surface area contributed by atoms with Gasteiger partial charge < -0.3 is 9.98 Å². The number of nitriles is 1. The Morgan fingerprint density at radius 3 is 2.34 bits per heavy atom. The largest absolute Gasteiger partial charge is 0.762 e. The van der Waals surface area contributed by atoms with E-state index in [9.17, 15) is 15.5 Å². The number of benzene rings is 4. The van der Waals surface area contributed by atoms with E-state index < -0.39 is 0 Å². The molecule has 5 nitrogen and oxygen atoms in total. The van der Waals surface area contributed by atoms with E-state index in [4.69, 9.17) is 0 Å². The van der Waals surface area contributed by atoms with Gasteiger partial charge in [0.05, 0.1) is 16.5 Å². The first-order chi connectivity index (χ1) is 21.6. The molecule has 1 aromatic heterocycles. The average Bonchev–Trinajstić information content (AvgIpc) is 3.53. The van der Waals surface area contributed by atoms with Crippen molar-refractivity contribution in [1.82, 2.24) is 4.57 Å². The van der Waals surface area contributed by atoms with Gasteiger partial charge >= 0.3 is 0 Å². The van der Waals surface area contributed by atoms with Crippen molar-refractivity contribution in [1.29, 1.82) is 5.26 Å². The molecule has 0 N–H and O–H groups in total. The van der Waals surface area contributed by atoms with Crippen LogP contribution in [0.15, 0.2) is 101 Å². The predicted octanol–water partition coefficient (Wildman–Crippen LogP) is 7.69. The molecule has 0 saturated carbocycles. The summed E-state index contributed by atoms with van der Waals surface area (Å²) in [6.07, 6.45) is 7.91. The third-order valence-electron chi connectivity index (χ3n) is 9.01. The number of unbranched alkanes of at least 4 members (excludes halogenated alkanes) is 2. The maximum absolute atomic E-state index is 14.1. The molecule has 0 spiro atoms. The Labute approximate surface area is 256 Å². The summed E-state index contributed by atoms with van der Waals surface area (Å²) in [6, 6.07) is 27.2. The summed E-state index contributed by atoms with van der Waals surface area (Å²) in [7, 11) is 0. The van der Waals surface area contributed by atoms with Crippen LogP contribution in [0.5, 0.6) is 0 Å². The van der Waals surface area contributed by atoms with Crippen molar-refractivity contribution in [2.75, 3.05) is 6.54 Å². The zero-order valence-electron chi connectivity index (χ0n) is 25.0. The van der Waals surface area contributed by atoms with Gasteiger partial charge in [0.2, 0.25) is 11.4 Å². The van der Waals surface area contributed by atoms with E-state index in [1.807, 2.05) is 24.3 Å². The van der Waals surface area contributed by atoms with E-state index in [0.717, 1.165) is 82.8 Å². The molecular weight excluding hydrogens is 540 g/mol. The van der Waals surface area contributed by atoms with Crippen molar-refractivity contribution in [2.24, 2.45) is 0 Å². The third-order valence-corrected chi connectivity index (χ3v) is 9.01. The topological polar surface area (TPSA) is 71.1 Å². The second-order valence-electron chi connectivity index (χ2n) is 11.6. The number of allylic oxidation sites excluding steroid dienone is 5. The average molecular weight is 573 g/mol. The molecule has 0 unspecified atom stereocenters. The van der Waals surface area contributed by atoms with Crippen molar-refractivity contribution in [3.63, 3.8) is 0 Å². The highest BCUT2D eigenvalue weighted by atomic mass is 16.1. The Kier molecular flexibility index (Phi) is 6.93.